The van der Waals surface area contributed by atoms with Gasteiger partial charge in [0.25, 0.3) is 5.56 Å². The van der Waals surface area contributed by atoms with Crippen molar-refractivity contribution >= 4 is 27.4 Å². The van der Waals surface area contributed by atoms with Gasteiger partial charge in [0.1, 0.15) is 0 Å². The Kier molecular flexibility index (Phi) is 2.82. The summed E-state index contributed by atoms with van der Waals surface area (Å²) >= 11 is 1.65. The van der Waals surface area contributed by atoms with Crippen LogP contribution in [-0.4, -0.2) is 28.0 Å². The van der Waals surface area contributed by atoms with E-state index in [1.807, 2.05) is 12.1 Å². The predicted octanol–water partition coefficient (Wildman–Crippen LogP) is 2.75. The highest BCUT2D eigenvalue weighted by molar-refractivity contribution is 7.22. The Morgan fingerprint density at radius 2 is 2.09 bits per heavy atom. The van der Waals surface area contributed by atoms with Gasteiger partial charge in [-0.2, -0.15) is 0 Å². The number of pyridine rings is 1. The topological polar surface area (TPSA) is 61.9 Å². The van der Waals surface area contributed by atoms with E-state index in [2.05, 4.69) is 9.88 Å². The first kappa shape index (κ1) is 13.2. The summed E-state index contributed by atoms with van der Waals surface area (Å²) in [5.74, 6) is 0.860. The molecule has 3 aromatic heterocycles. The minimum absolute atomic E-state index is 0.0290. The molecular formula is C17H16N4OS. The molecule has 3 aromatic rings. The minimum atomic E-state index is -0.0290. The standard InChI is InChI=1S/C17H16N4OS/c22-16-11-9-14(23-13(11)5-6-18-16)15-10-3-1-4-12(10)19-17(20-15)21-7-2-8-21/h5-6,9H,1-4,7-8H2,(H,18,22). The van der Waals surface area contributed by atoms with Crippen LogP contribution in [0.4, 0.5) is 5.95 Å². The van der Waals surface area contributed by atoms with Crippen molar-refractivity contribution in [2.45, 2.75) is 25.7 Å². The van der Waals surface area contributed by atoms with Gasteiger partial charge < -0.3 is 9.88 Å². The molecular weight excluding hydrogens is 308 g/mol. The van der Waals surface area contributed by atoms with Crippen molar-refractivity contribution < 1.29 is 0 Å². The molecule has 1 N–H and O–H groups in total. The van der Waals surface area contributed by atoms with Gasteiger partial charge in [0.05, 0.1) is 16.0 Å². The average Bonchev–Trinajstić information content (AvgIpc) is 3.11. The second kappa shape index (κ2) is 4.89. The normalized spacial score (nSPS) is 16.6. The van der Waals surface area contributed by atoms with Gasteiger partial charge in [0.2, 0.25) is 5.95 Å². The number of nitrogens with zero attached hydrogens (tertiary/aromatic N) is 3. The first-order valence-corrected chi connectivity index (χ1v) is 8.87. The van der Waals surface area contributed by atoms with Gasteiger partial charge >= 0.3 is 0 Å². The van der Waals surface area contributed by atoms with E-state index in [0.717, 1.165) is 59.0 Å². The summed E-state index contributed by atoms with van der Waals surface area (Å²) in [6, 6.07) is 3.95. The Morgan fingerprint density at radius 3 is 2.87 bits per heavy atom. The molecule has 0 unspecified atom stereocenters. The zero-order chi connectivity index (χ0) is 15.4. The van der Waals surface area contributed by atoms with Gasteiger partial charge in [0.15, 0.2) is 0 Å². The molecule has 1 fully saturated rings. The molecule has 5 nitrogen and oxygen atoms in total. The molecule has 23 heavy (non-hydrogen) atoms. The van der Waals surface area contributed by atoms with E-state index < -0.39 is 0 Å². The van der Waals surface area contributed by atoms with E-state index in [4.69, 9.17) is 9.97 Å². The number of hydrogen-bond donors (Lipinski definition) is 1. The average molecular weight is 324 g/mol. The Bertz CT molecular complexity index is 970. The summed E-state index contributed by atoms with van der Waals surface area (Å²) < 4.78 is 1.01. The number of H-pyrrole nitrogens is 1. The highest BCUT2D eigenvalue weighted by Gasteiger charge is 2.25. The number of aromatic nitrogens is 3. The monoisotopic (exact) mass is 324 g/mol. The molecule has 0 saturated carbocycles. The molecule has 0 radical (unpaired) electrons. The van der Waals surface area contributed by atoms with Gasteiger partial charge in [0, 0.05) is 35.2 Å². The number of fused-ring (bicyclic) bond motifs is 2. The van der Waals surface area contributed by atoms with Crippen LogP contribution in [0.2, 0.25) is 0 Å². The van der Waals surface area contributed by atoms with Gasteiger partial charge in [-0.1, -0.05) is 0 Å². The SMILES string of the molecule is O=c1[nH]ccc2sc(-c3nc(N4CCC4)nc4c3CCC4)cc12. The van der Waals surface area contributed by atoms with Crippen LogP contribution in [0.1, 0.15) is 24.1 Å². The molecule has 0 atom stereocenters. The summed E-state index contributed by atoms with van der Waals surface area (Å²) in [6.45, 7) is 2.09. The van der Waals surface area contributed by atoms with Crippen molar-refractivity contribution in [1.29, 1.82) is 0 Å². The van der Waals surface area contributed by atoms with E-state index in [0.29, 0.717) is 0 Å². The Balaban J connectivity index is 1.72. The lowest BCUT2D eigenvalue weighted by molar-refractivity contribution is 0.599. The molecule has 0 spiro atoms. The van der Waals surface area contributed by atoms with Crippen LogP contribution in [0.3, 0.4) is 0 Å². The Morgan fingerprint density at radius 1 is 1.17 bits per heavy atom. The fourth-order valence-corrected chi connectivity index (χ4v) is 4.45. The van der Waals surface area contributed by atoms with E-state index in [1.54, 1.807) is 17.5 Å². The van der Waals surface area contributed by atoms with Crippen LogP contribution < -0.4 is 10.5 Å². The number of aryl methyl sites for hydroxylation is 1. The third kappa shape index (κ3) is 2.01. The number of hydrogen-bond acceptors (Lipinski definition) is 5. The molecule has 4 heterocycles. The first-order chi connectivity index (χ1) is 11.3. The second-order valence-electron chi connectivity index (χ2n) is 6.19. The minimum Gasteiger partial charge on any atom is -0.341 e. The van der Waals surface area contributed by atoms with Gasteiger partial charge in [-0.05, 0) is 37.8 Å². The fraction of sp³-hybridized carbons (Fsp3) is 0.353. The van der Waals surface area contributed by atoms with Crippen molar-refractivity contribution in [2.24, 2.45) is 0 Å². The van der Waals surface area contributed by atoms with Crippen molar-refractivity contribution in [3.05, 3.63) is 39.9 Å². The maximum atomic E-state index is 12.0. The molecule has 6 heteroatoms. The lowest BCUT2D eigenvalue weighted by atomic mass is 10.1. The maximum Gasteiger partial charge on any atom is 0.256 e. The summed E-state index contributed by atoms with van der Waals surface area (Å²) in [5, 5.41) is 0.753. The van der Waals surface area contributed by atoms with E-state index in [1.165, 1.54) is 17.7 Å². The quantitative estimate of drug-likeness (QED) is 0.787. The molecule has 1 saturated heterocycles. The van der Waals surface area contributed by atoms with Crippen molar-refractivity contribution in [1.82, 2.24) is 15.0 Å². The van der Waals surface area contributed by atoms with Crippen LogP contribution >= 0.6 is 11.3 Å². The molecule has 0 amide bonds. The molecule has 116 valence electrons. The van der Waals surface area contributed by atoms with Crippen molar-refractivity contribution in [3.63, 3.8) is 0 Å². The number of nitrogens with one attached hydrogen (secondary N) is 1. The van der Waals surface area contributed by atoms with Crippen LogP contribution in [0.25, 0.3) is 20.7 Å². The van der Waals surface area contributed by atoms with Crippen LogP contribution in [0, 0.1) is 0 Å². The van der Waals surface area contributed by atoms with E-state index in [-0.39, 0.29) is 5.56 Å². The van der Waals surface area contributed by atoms with E-state index in [9.17, 15) is 4.79 Å². The first-order valence-electron chi connectivity index (χ1n) is 8.06. The molecule has 0 bridgehead atoms. The summed E-state index contributed by atoms with van der Waals surface area (Å²) in [5.41, 5.74) is 3.48. The van der Waals surface area contributed by atoms with E-state index >= 15 is 0 Å². The van der Waals surface area contributed by atoms with Crippen LogP contribution in [0.15, 0.2) is 23.1 Å². The lowest BCUT2D eigenvalue weighted by Crippen LogP contribution is -2.38. The molecule has 0 aromatic carbocycles. The number of anilines is 1. The number of rotatable bonds is 2. The smallest absolute Gasteiger partial charge is 0.256 e. The van der Waals surface area contributed by atoms with Crippen LogP contribution in [0.5, 0.6) is 0 Å². The summed E-state index contributed by atoms with van der Waals surface area (Å²) in [7, 11) is 0. The lowest BCUT2D eigenvalue weighted by Gasteiger charge is -2.31. The second-order valence-corrected chi connectivity index (χ2v) is 7.27. The zero-order valence-corrected chi connectivity index (χ0v) is 13.4. The number of thiophene rings is 1. The zero-order valence-electron chi connectivity index (χ0n) is 12.6. The Hall–Kier alpha value is -2.21. The summed E-state index contributed by atoms with van der Waals surface area (Å²) in [4.78, 5) is 27.7. The Labute approximate surface area is 137 Å². The van der Waals surface area contributed by atoms with Crippen LogP contribution in [-0.2, 0) is 12.8 Å². The van der Waals surface area contributed by atoms with Crippen molar-refractivity contribution in [3.8, 4) is 10.6 Å². The van der Waals surface area contributed by atoms with Gasteiger partial charge in [-0.3, -0.25) is 4.79 Å². The predicted molar refractivity (Wildman–Crippen MR) is 92.3 cm³/mol. The third-order valence-corrected chi connectivity index (χ3v) is 5.86. The largest absolute Gasteiger partial charge is 0.341 e. The molecule has 5 rings (SSSR count). The highest BCUT2D eigenvalue weighted by Crippen LogP contribution is 2.37. The number of aromatic amines is 1. The van der Waals surface area contributed by atoms with Gasteiger partial charge in [-0.25, -0.2) is 9.97 Å². The highest BCUT2D eigenvalue weighted by atomic mass is 32.1. The van der Waals surface area contributed by atoms with Crippen molar-refractivity contribution in [2.75, 3.05) is 18.0 Å². The summed E-state index contributed by atoms with van der Waals surface area (Å²) in [6.07, 6.45) is 6.15. The van der Waals surface area contributed by atoms with Gasteiger partial charge in [-0.15, -0.1) is 11.3 Å². The maximum absolute atomic E-state index is 12.0. The molecule has 1 aliphatic carbocycles. The molecule has 2 aliphatic rings. The molecule has 1 aliphatic heterocycles. The third-order valence-electron chi connectivity index (χ3n) is 4.75. The fourth-order valence-electron chi connectivity index (χ4n) is 3.37.